The predicted octanol–water partition coefficient (Wildman–Crippen LogP) is 1.02. The fourth-order valence-electron chi connectivity index (χ4n) is 1.38. The molecule has 0 bridgehead atoms. The van der Waals surface area contributed by atoms with Crippen molar-refractivity contribution in [3.63, 3.8) is 0 Å². The van der Waals surface area contributed by atoms with E-state index in [2.05, 4.69) is 15.5 Å². The van der Waals surface area contributed by atoms with Crippen molar-refractivity contribution in [3.8, 4) is 11.5 Å². The van der Waals surface area contributed by atoms with Crippen LogP contribution in [-0.4, -0.2) is 23.2 Å². The van der Waals surface area contributed by atoms with Crippen LogP contribution in [0, 0.1) is 0 Å². The van der Waals surface area contributed by atoms with E-state index in [0.29, 0.717) is 11.8 Å². The second-order valence-electron chi connectivity index (χ2n) is 3.32. The highest BCUT2D eigenvalue weighted by Crippen LogP contribution is 2.22. The molecule has 0 aromatic carbocycles. The first-order chi connectivity index (χ1) is 6.93. The largest absolute Gasteiger partial charge is 0.472 e. The molecule has 1 aliphatic heterocycles. The van der Waals surface area contributed by atoms with E-state index in [1.165, 1.54) is 0 Å². The molecule has 0 spiro atoms. The van der Waals surface area contributed by atoms with Crippen molar-refractivity contribution in [2.75, 3.05) is 13.1 Å². The average Bonchev–Trinajstić information content (AvgIpc) is 2.65. The van der Waals surface area contributed by atoms with Gasteiger partial charge in [-0.1, -0.05) is 5.16 Å². The number of hydrogen-bond acceptors (Lipinski definition) is 5. The van der Waals surface area contributed by atoms with Crippen molar-refractivity contribution < 1.29 is 8.94 Å². The van der Waals surface area contributed by atoms with Crippen molar-refractivity contribution in [2.24, 2.45) is 0 Å². The molecule has 0 unspecified atom stereocenters. The molecule has 5 nitrogen and oxygen atoms in total. The minimum atomic E-state index is 0.402. The van der Waals surface area contributed by atoms with Crippen LogP contribution < -0.4 is 5.32 Å². The maximum atomic E-state index is 5.12. The molecule has 1 fully saturated rings. The Kier molecular flexibility index (Phi) is 1.63. The molecule has 3 rings (SSSR count). The molecule has 1 saturated heterocycles. The quantitative estimate of drug-likeness (QED) is 0.767. The minimum Gasteiger partial charge on any atom is -0.472 e. The van der Waals surface area contributed by atoms with Crippen LogP contribution in [0.15, 0.2) is 27.5 Å². The van der Waals surface area contributed by atoms with Crippen LogP contribution in [0.4, 0.5) is 0 Å². The van der Waals surface area contributed by atoms with Crippen molar-refractivity contribution in [1.82, 2.24) is 15.5 Å². The number of rotatable bonds is 2. The summed E-state index contributed by atoms with van der Waals surface area (Å²) in [5, 5.41) is 7.09. The van der Waals surface area contributed by atoms with Crippen molar-refractivity contribution >= 4 is 0 Å². The van der Waals surface area contributed by atoms with E-state index in [9.17, 15) is 0 Å². The summed E-state index contributed by atoms with van der Waals surface area (Å²) in [6.07, 6.45) is 3.18. The topological polar surface area (TPSA) is 64.1 Å². The summed E-state index contributed by atoms with van der Waals surface area (Å²) in [5.41, 5.74) is 0.830. The summed E-state index contributed by atoms with van der Waals surface area (Å²) < 4.78 is 10.1. The van der Waals surface area contributed by atoms with Crippen LogP contribution in [0.5, 0.6) is 0 Å². The standard InChI is InChI=1S/C9H9N3O2/c1-2-13-5-6(1)9-11-8(12-14-9)7-3-10-4-7/h1-2,5,7,10H,3-4H2. The molecule has 1 aliphatic rings. The molecular formula is C9H9N3O2. The normalized spacial score (nSPS) is 16.9. The molecule has 0 saturated carbocycles. The first kappa shape index (κ1) is 7.75. The van der Waals surface area contributed by atoms with Gasteiger partial charge in [0.15, 0.2) is 5.82 Å². The summed E-state index contributed by atoms with van der Waals surface area (Å²) >= 11 is 0. The van der Waals surface area contributed by atoms with Gasteiger partial charge in [-0.2, -0.15) is 4.98 Å². The first-order valence-electron chi connectivity index (χ1n) is 4.50. The maximum Gasteiger partial charge on any atom is 0.261 e. The highest BCUT2D eigenvalue weighted by atomic mass is 16.5. The lowest BCUT2D eigenvalue weighted by molar-refractivity contribution is 0.382. The Balaban J connectivity index is 1.90. The van der Waals surface area contributed by atoms with Crippen LogP contribution in [0.25, 0.3) is 11.5 Å². The SMILES string of the molecule is c1cc(-c2nc(C3CNC3)no2)co1. The van der Waals surface area contributed by atoms with Crippen LogP contribution in [-0.2, 0) is 0 Å². The second kappa shape index (κ2) is 2.95. The zero-order valence-corrected chi connectivity index (χ0v) is 7.43. The van der Waals surface area contributed by atoms with Gasteiger partial charge in [0.1, 0.15) is 6.26 Å². The van der Waals surface area contributed by atoms with Crippen molar-refractivity contribution in [2.45, 2.75) is 5.92 Å². The Morgan fingerprint density at radius 2 is 2.36 bits per heavy atom. The third kappa shape index (κ3) is 1.13. The summed E-state index contributed by atoms with van der Waals surface area (Å²) in [6.45, 7) is 1.87. The molecule has 2 aromatic rings. The van der Waals surface area contributed by atoms with Crippen molar-refractivity contribution in [3.05, 3.63) is 24.4 Å². The van der Waals surface area contributed by atoms with Gasteiger partial charge in [-0.05, 0) is 6.07 Å². The maximum absolute atomic E-state index is 5.12. The van der Waals surface area contributed by atoms with Crippen LogP contribution in [0.2, 0.25) is 0 Å². The fourth-order valence-corrected chi connectivity index (χ4v) is 1.38. The smallest absolute Gasteiger partial charge is 0.261 e. The molecule has 3 heterocycles. The van der Waals surface area contributed by atoms with E-state index in [1.54, 1.807) is 18.6 Å². The van der Waals surface area contributed by atoms with Gasteiger partial charge in [0, 0.05) is 19.0 Å². The van der Waals surface area contributed by atoms with Gasteiger partial charge in [0.2, 0.25) is 0 Å². The average molecular weight is 191 g/mol. The number of nitrogens with one attached hydrogen (secondary N) is 1. The van der Waals surface area contributed by atoms with Crippen molar-refractivity contribution in [1.29, 1.82) is 0 Å². The molecular weight excluding hydrogens is 182 g/mol. The second-order valence-corrected chi connectivity index (χ2v) is 3.32. The molecule has 5 heteroatoms. The van der Waals surface area contributed by atoms with Gasteiger partial charge in [0.05, 0.1) is 11.8 Å². The highest BCUT2D eigenvalue weighted by Gasteiger charge is 2.24. The summed E-state index contributed by atoms with van der Waals surface area (Å²) in [5.74, 6) is 1.71. The third-order valence-electron chi connectivity index (χ3n) is 2.36. The molecule has 1 N–H and O–H groups in total. The summed E-state index contributed by atoms with van der Waals surface area (Å²) in [7, 11) is 0. The lowest BCUT2D eigenvalue weighted by Gasteiger charge is -2.23. The Hall–Kier alpha value is -1.62. The monoisotopic (exact) mass is 191 g/mol. The molecule has 14 heavy (non-hydrogen) atoms. The van der Waals surface area contributed by atoms with Gasteiger partial charge < -0.3 is 14.3 Å². The van der Waals surface area contributed by atoms with Crippen LogP contribution >= 0.6 is 0 Å². The Labute approximate surface area is 80.1 Å². The van der Waals surface area contributed by atoms with Crippen LogP contribution in [0.3, 0.4) is 0 Å². The zero-order valence-electron chi connectivity index (χ0n) is 7.43. The van der Waals surface area contributed by atoms with E-state index in [0.717, 1.165) is 24.5 Å². The zero-order chi connectivity index (χ0) is 9.38. The van der Waals surface area contributed by atoms with E-state index in [-0.39, 0.29) is 0 Å². The highest BCUT2D eigenvalue weighted by molar-refractivity contribution is 5.49. The first-order valence-corrected chi connectivity index (χ1v) is 4.50. The number of hydrogen-bond donors (Lipinski definition) is 1. The fraction of sp³-hybridized carbons (Fsp3) is 0.333. The minimum absolute atomic E-state index is 0.402. The predicted molar refractivity (Wildman–Crippen MR) is 47.6 cm³/mol. The summed E-state index contributed by atoms with van der Waals surface area (Å²) in [4.78, 5) is 4.30. The molecule has 0 atom stereocenters. The van der Waals surface area contributed by atoms with Gasteiger partial charge in [-0.15, -0.1) is 0 Å². The number of aromatic nitrogens is 2. The summed E-state index contributed by atoms with van der Waals surface area (Å²) in [6, 6.07) is 1.80. The van der Waals surface area contributed by atoms with Gasteiger partial charge in [0.25, 0.3) is 5.89 Å². The van der Waals surface area contributed by atoms with E-state index < -0.39 is 0 Å². The Morgan fingerprint density at radius 3 is 3.00 bits per heavy atom. The van der Waals surface area contributed by atoms with E-state index in [1.807, 2.05) is 0 Å². The number of furan rings is 1. The van der Waals surface area contributed by atoms with E-state index >= 15 is 0 Å². The lowest BCUT2D eigenvalue weighted by Crippen LogP contribution is -2.40. The molecule has 72 valence electrons. The lowest BCUT2D eigenvalue weighted by atomic mass is 10.0. The Bertz CT molecular complexity index is 417. The van der Waals surface area contributed by atoms with Gasteiger partial charge in [-0.25, -0.2) is 0 Å². The van der Waals surface area contributed by atoms with Gasteiger partial charge >= 0.3 is 0 Å². The Morgan fingerprint density at radius 1 is 1.43 bits per heavy atom. The molecule has 0 aliphatic carbocycles. The number of nitrogens with zero attached hydrogens (tertiary/aromatic N) is 2. The molecule has 0 amide bonds. The van der Waals surface area contributed by atoms with Crippen LogP contribution in [0.1, 0.15) is 11.7 Å². The van der Waals surface area contributed by atoms with Gasteiger partial charge in [-0.3, -0.25) is 0 Å². The molecule has 2 aromatic heterocycles. The molecule has 0 radical (unpaired) electrons. The van der Waals surface area contributed by atoms with E-state index in [4.69, 9.17) is 8.94 Å². The third-order valence-corrected chi connectivity index (χ3v) is 2.36.